The molecule has 1 aliphatic carbocycles. The van der Waals surface area contributed by atoms with Crippen molar-refractivity contribution in [2.45, 2.75) is 80.9 Å². The van der Waals surface area contributed by atoms with Gasteiger partial charge in [0.05, 0.1) is 11.3 Å². The summed E-state index contributed by atoms with van der Waals surface area (Å²) in [6, 6.07) is 6.68. The smallest absolute Gasteiger partial charge is 0.162 e. The number of aliphatic hydroxyl groups is 1. The van der Waals surface area contributed by atoms with E-state index in [1.165, 1.54) is 16.7 Å². The fourth-order valence-electron chi connectivity index (χ4n) is 5.38. The van der Waals surface area contributed by atoms with E-state index < -0.39 is 0 Å². The van der Waals surface area contributed by atoms with Crippen molar-refractivity contribution in [3.63, 3.8) is 0 Å². The van der Waals surface area contributed by atoms with Gasteiger partial charge in [0.2, 0.25) is 0 Å². The molecular formula is C34H53N5O2. The molecule has 2 aliphatic rings. The molecule has 4 rings (SSSR count). The van der Waals surface area contributed by atoms with E-state index >= 15 is 0 Å². The fraction of sp³-hybridized carbons (Fsp3) is 0.529. The van der Waals surface area contributed by atoms with Crippen molar-refractivity contribution in [2.75, 3.05) is 44.7 Å². The first-order valence-corrected chi connectivity index (χ1v) is 15.1. The molecule has 0 saturated carbocycles. The lowest BCUT2D eigenvalue weighted by Crippen LogP contribution is -2.53. The van der Waals surface area contributed by atoms with Gasteiger partial charge < -0.3 is 20.5 Å². The molecular weight excluding hydrogens is 510 g/mol. The van der Waals surface area contributed by atoms with Crippen molar-refractivity contribution in [3.8, 4) is 11.4 Å². The van der Waals surface area contributed by atoms with Crippen LogP contribution in [-0.4, -0.2) is 65.8 Å². The zero-order valence-electron chi connectivity index (χ0n) is 26.9. The van der Waals surface area contributed by atoms with Crippen LogP contribution in [0.2, 0.25) is 0 Å². The van der Waals surface area contributed by atoms with Crippen molar-refractivity contribution in [3.05, 3.63) is 75.7 Å². The van der Waals surface area contributed by atoms with Crippen LogP contribution >= 0.6 is 0 Å². The molecule has 2 aromatic rings. The molecule has 0 amide bonds. The average molecular weight is 564 g/mol. The van der Waals surface area contributed by atoms with Gasteiger partial charge in [-0.1, -0.05) is 56.7 Å². The zero-order chi connectivity index (χ0) is 30.5. The summed E-state index contributed by atoms with van der Waals surface area (Å²) in [4.78, 5) is 15.2. The van der Waals surface area contributed by atoms with Crippen LogP contribution in [0.1, 0.15) is 69.8 Å². The second-order valence-corrected chi connectivity index (χ2v) is 10.4. The Kier molecular flexibility index (Phi) is 14.2. The number of aryl methyl sites for hydroxylation is 3. The van der Waals surface area contributed by atoms with E-state index in [1.807, 2.05) is 13.8 Å². The summed E-state index contributed by atoms with van der Waals surface area (Å²) >= 11 is 0. The van der Waals surface area contributed by atoms with Crippen LogP contribution in [0.25, 0.3) is 11.4 Å². The highest BCUT2D eigenvalue weighted by Crippen LogP contribution is 2.32. The SMILES string of the molecule is CC.CCC1=CC(OCc2c(C)nc(-c3c(C)cccc3C)nc2N2CCN(CCN)CC2C)=C(C)C=CC1.CO. The van der Waals surface area contributed by atoms with Crippen LogP contribution in [0.15, 0.2) is 53.3 Å². The largest absolute Gasteiger partial charge is 0.488 e. The Morgan fingerprint density at radius 3 is 2.34 bits per heavy atom. The Balaban J connectivity index is 0.00000141. The number of nitrogens with zero attached hydrogens (tertiary/aromatic N) is 4. The first kappa shape index (κ1) is 34.2. The molecule has 1 unspecified atom stereocenters. The first-order valence-electron chi connectivity index (χ1n) is 15.1. The predicted molar refractivity (Wildman–Crippen MR) is 173 cm³/mol. The number of piperazine rings is 1. The third-order valence-electron chi connectivity index (χ3n) is 7.62. The van der Waals surface area contributed by atoms with Gasteiger partial charge in [0.15, 0.2) is 5.82 Å². The zero-order valence-corrected chi connectivity index (χ0v) is 26.9. The summed E-state index contributed by atoms with van der Waals surface area (Å²) in [6.45, 7) is 21.9. The van der Waals surface area contributed by atoms with E-state index in [2.05, 4.69) is 87.8 Å². The van der Waals surface area contributed by atoms with Crippen molar-refractivity contribution in [1.29, 1.82) is 0 Å². The number of aliphatic hydroxyl groups excluding tert-OH is 1. The number of nitrogens with two attached hydrogens (primary N) is 1. The molecule has 1 aliphatic heterocycles. The maximum Gasteiger partial charge on any atom is 0.162 e. The first-order chi connectivity index (χ1) is 19.8. The molecule has 0 bridgehead atoms. The Morgan fingerprint density at radius 1 is 1.05 bits per heavy atom. The van der Waals surface area contributed by atoms with Gasteiger partial charge in [-0.05, 0) is 70.2 Å². The molecule has 7 nitrogen and oxygen atoms in total. The Labute approximate surface area is 248 Å². The summed E-state index contributed by atoms with van der Waals surface area (Å²) in [5.74, 6) is 2.73. The summed E-state index contributed by atoms with van der Waals surface area (Å²) in [5, 5.41) is 7.00. The maximum atomic E-state index is 7.00. The van der Waals surface area contributed by atoms with E-state index in [0.29, 0.717) is 19.2 Å². The van der Waals surface area contributed by atoms with Gasteiger partial charge in [0.1, 0.15) is 18.2 Å². The van der Waals surface area contributed by atoms with Crippen molar-refractivity contribution >= 4 is 5.82 Å². The molecule has 1 fully saturated rings. The van der Waals surface area contributed by atoms with Gasteiger partial charge in [0.25, 0.3) is 0 Å². The van der Waals surface area contributed by atoms with Gasteiger partial charge in [-0.25, -0.2) is 9.97 Å². The Bertz CT molecular complexity index is 1200. The number of hydrogen-bond donors (Lipinski definition) is 2. The summed E-state index contributed by atoms with van der Waals surface area (Å²) in [5.41, 5.74) is 13.9. The highest BCUT2D eigenvalue weighted by molar-refractivity contribution is 5.67. The highest BCUT2D eigenvalue weighted by atomic mass is 16.5. The number of aromatic nitrogens is 2. The fourth-order valence-corrected chi connectivity index (χ4v) is 5.38. The van der Waals surface area contributed by atoms with E-state index in [9.17, 15) is 0 Å². The number of ether oxygens (including phenoxy) is 1. The van der Waals surface area contributed by atoms with Gasteiger partial charge in [-0.3, -0.25) is 4.90 Å². The molecule has 1 aromatic heterocycles. The quantitative estimate of drug-likeness (QED) is 0.392. The standard InChI is InChI=1S/C31H43N5O.C2H6.CH4O/c1-7-26-13-9-10-21(2)28(18-26)37-20-27-25(6)33-30(29-22(3)11-8-12-23(29)4)34-31(27)36-17-16-35(15-14-32)19-24(36)5;2*1-2/h8-12,18,24H,7,13-17,19-20,32H2,1-6H3;1-2H3;2H,1H3. The molecule has 0 spiro atoms. The van der Waals surface area contributed by atoms with Crippen molar-refractivity contribution in [1.82, 2.24) is 14.9 Å². The van der Waals surface area contributed by atoms with Crippen LogP contribution in [-0.2, 0) is 11.3 Å². The maximum absolute atomic E-state index is 7.00. The number of allylic oxidation sites excluding steroid dienone is 5. The van der Waals surface area contributed by atoms with Gasteiger partial charge in [-0.15, -0.1) is 0 Å². The second-order valence-electron chi connectivity index (χ2n) is 10.4. The lowest BCUT2D eigenvalue weighted by atomic mass is 10.0. The third-order valence-corrected chi connectivity index (χ3v) is 7.62. The lowest BCUT2D eigenvalue weighted by molar-refractivity contribution is 0.205. The number of anilines is 1. The minimum atomic E-state index is 0.313. The van der Waals surface area contributed by atoms with Crippen molar-refractivity contribution in [2.24, 2.45) is 5.73 Å². The van der Waals surface area contributed by atoms with Crippen LogP contribution in [0.4, 0.5) is 5.82 Å². The Morgan fingerprint density at radius 2 is 1.73 bits per heavy atom. The predicted octanol–water partition coefficient (Wildman–Crippen LogP) is 6.26. The van der Waals surface area contributed by atoms with Gasteiger partial charge in [0, 0.05) is 51.4 Å². The number of benzene rings is 1. The van der Waals surface area contributed by atoms with Crippen LogP contribution in [0, 0.1) is 20.8 Å². The highest BCUT2D eigenvalue weighted by Gasteiger charge is 2.28. The van der Waals surface area contributed by atoms with Gasteiger partial charge in [-0.2, -0.15) is 0 Å². The molecule has 1 saturated heterocycles. The number of hydrogen-bond acceptors (Lipinski definition) is 7. The van der Waals surface area contributed by atoms with E-state index in [-0.39, 0.29) is 0 Å². The third kappa shape index (κ3) is 8.74. The van der Waals surface area contributed by atoms with Crippen LogP contribution in [0.3, 0.4) is 0 Å². The molecule has 226 valence electrons. The Hall–Kier alpha value is -3.00. The van der Waals surface area contributed by atoms with E-state index in [0.717, 1.165) is 85.9 Å². The molecule has 2 heterocycles. The topological polar surface area (TPSA) is 87.7 Å². The minimum absolute atomic E-state index is 0.313. The van der Waals surface area contributed by atoms with Crippen LogP contribution in [0.5, 0.6) is 0 Å². The summed E-state index contributed by atoms with van der Waals surface area (Å²) < 4.78 is 6.51. The van der Waals surface area contributed by atoms with E-state index in [4.69, 9.17) is 25.5 Å². The average Bonchev–Trinajstić information content (AvgIpc) is 3.15. The molecule has 41 heavy (non-hydrogen) atoms. The summed E-state index contributed by atoms with van der Waals surface area (Å²) in [6.07, 6.45) is 8.60. The molecule has 0 radical (unpaired) electrons. The van der Waals surface area contributed by atoms with Gasteiger partial charge >= 0.3 is 0 Å². The van der Waals surface area contributed by atoms with Crippen molar-refractivity contribution < 1.29 is 9.84 Å². The molecule has 1 aromatic carbocycles. The monoisotopic (exact) mass is 563 g/mol. The second kappa shape index (κ2) is 17.1. The molecule has 3 N–H and O–H groups in total. The van der Waals surface area contributed by atoms with Crippen LogP contribution < -0.4 is 10.6 Å². The van der Waals surface area contributed by atoms with E-state index in [1.54, 1.807) is 0 Å². The lowest BCUT2D eigenvalue weighted by Gasteiger charge is -2.41. The number of rotatable bonds is 8. The molecule has 1 atom stereocenters. The minimum Gasteiger partial charge on any atom is -0.488 e. The normalized spacial score (nSPS) is 17.2. The molecule has 7 heteroatoms. The summed E-state index contributed by atoms with van der Waals surface area (Å²) in [7, 11) is 1.00.